The molecule has 0 aromatic carbocycles. The van der Waals surface area contributed by atoms with Crippen molar-refractivity contribution in [2.24, 2.45) is 0 Å². The minimum absolute atomic E-state index is 0.0935. The molecule has 88 valence electrons. The summed E-state index contributed by atoms with van der Waals surface area (Å²) in [7, 11) is 0. The van der Waals surface area contributed by atoms with E-state index < -0.39 is 0 Å². The van der Waals surface area contributed by atoms with Crippen molar-refractivity contribution in [3.8, 4) is 0 Å². The number of hydrogen-bond acceptors (Lipinski definition) is 4. The molecular weight excluding hydrogens is 290 g/mol. The van der Waals surface area contributed by atoms with Crippen LogP contribution in [0.3, 0.4) is 0 Å². The molecule has 1 fully saturated rings. The molecule has 1 aromatic rings. The Labute approximate surface area is 107 Å². The normalized spacial score (nSPS) is 21.1. The van der Waals surface area contributed by atoms with Gasteiger partial charge < -0.3 is 4.90 Å². The molecular formula is C10H14BrN3OS. The van der Waals surface area contributed by atoms with Crippen LogP contribution in [0.25, 0.3) is 0 Å². The highest BCUT2D eigenvalue weighted by atomic mass is 79.9. The van der Waals surface area contributed by atoms with Gasteiger partial charge in [-0.1, -0.05) is 27.3 Å². The predicted molar refractivity (Wildman–Crippen MR) is 67.1 cm³/mol. The topological polar surface area (TPSA) is 46.1 Å². The van der Waals surface area contributed by atoms with Crippen LogP contribution in [0.15, 0.2) is 0 Å². The van der Waals surface area contributed by atoms with Gasteiger partial charge >= 0.3 is 0 Å². The van der Waals surface area contributed by atoms with Crippen molar-refractivity contribution < 1.29 is 4.79 Å². The van der Waals surface area contributed by atoms with E-state index in [1.807, 2.05) is 11.8 Å². The van der Waals surface area contributed by atoms with Gasteiger partial charge in [0.1, 0.15) is 4.88 Å². The smallest absolute Gasteiger partial charge is 0.267 e. The molecule has 4 nitrogen and oxygen atoms in total. The largest absolute Gasteiger partial charge is 0.337 e. The quantitative estimate of drug-likeness (QED) is 0.786. The lowest BCUT2D eigenvalue weighted by Gasteiger charge is -2.29. The summed E-state index contributed by atoms with van der Waals surface area (Å²) >= 11 is 4.78. The zero-order valence-corrected chi connectivity index (χ0v) is 11.6. The number of amides is 1. The molecule has 0 bridgehead atoms. The van der Waals surface area contributed by atoms with Crippen LogP contribution in [0.1, 0.15) is 35.1 Å². The first-order valence-electron chi connectivity index (χ1n) is 5.47. The second-order valence-corrected chi connectivity index (χ2v) is 5.94. The molecule has 1 aliphatic heterocycles. The molecule has 1 amide bonds. The standard InChI is InChI=1S/C10H14BrN3OS/c1-2-8-9(16-13-12-8)10(15)14-5-3-4-7(11)6-14/h7H,2-6H2,1H3. The van der Waals surface area contributed by atoms with E-state index in [1.165, 1.54) is 11.5 Å². The van der Waals surface area contributed by atoms with Crippen LogP contribution in [-0.4, -0.2) is 38.3 Å². The van der Waals surface area contributed by atoms with Crippen LogP contribution >= 0.6 is 27.5 Å². The average Bonchev–Trinajstić information content (AvgIpc) is 2.76. The number of carbonyl (C=O) groups is 1. The van der Waals surface area contributed by atoms with Crippen LogP contribution in [0.5, 0.6) is 0 Å². The molecule has 1 unspecified atom stereocenters. The number of likely N-dealkylation sites (tertiary alicyclic amines) is 1. The van der Waals surface area contributed by atoms with Gasteiger partial charge in [0.25, 0.3) is 5.91 Å². The Morgan fingerprint density at radius 1 is 1.69 bits per heavy atom. The van der Waals surface area contributed by atoms with Gasteiger partial charge in [-0.25, -0.2) is 0 Å². The van der Waals surface area contributed by atoms with E-state index in [9.17, 15) is 4.79 Å². The fraction of sp³-hybridized carbons (Fsp3) is 0.700. The Bertz CT molecular complexity index is 382. The highest BCUT2D eigenvalue weighted by Gasteiger charge is 2.26. The molecule has 2 heterocycles. The number of aromatic nitrogens is 2. The van der Waals surface area contributed by atoms with Crippen molar-refractivity contribution >= 4 is 33.4 Å². The Kier molecular flexibility index (Phi) is 3.91. The zero-order chi connectivity index (χ0) is 11.5. The Morgan fingerprint density at radius 3 is 3.19 bits per heavy atom. The molecule has 16 heavy (non-hydrogen) atoms. The third-order valence-corrected chi connectivity index (χ3v) is 4.24. The zero-order valence-electron chi connectivity index (χ0n) is 9.15. The van der Waals surface area contributed by atoms with E-state index in [-0.39, 0.29) is 5.91 Å². The molecule has 6 heteroatoms. The summed E-state index contributed by atoms with van der Waals surface area (Å²) in [6.45, 7) is 3.64. The highest BCUT2D eigenvalue weighted by molar-refractivity contribution is 9.09. The monoisotopic (exact) mass is 303 g/mol. The van der Waals surface area contributed by atoms with Crippen molar-refractivity contribution in [3.63, 3.8) is 0 Å². The number of nitrogens with zero attached hydrogens (tertiary/aromatic N) is 3. The maximum atomic E-state index is 12.2. The van der Waals surface area contributed by atoms with Crippen molar-refractivity contribution in [2.45, 2.75) is 31.0 Å². The van der Waals surface area contributed by atoms with Crippen molar-refractivity contribution in [3.05, 3.63) is 10.6 Å². The molecule has 1 atom stereocenters. The van der Waals surface area contributed by atoms with Crippen LogP contribution in [0.2, 0.25) is 0 Å². The maximum Gasteiger partial charge on any atom is 0.267 e. The summed E-state index contributed by atoms with van der Waals surface area (Å²) in [5.41, 5.74) is 0.826. The van der Waals surface area contributed by atoms with Gasteiger partial charge in [0.05, 0.1) is 5.69 Å². The SMILES string of the molecule is CCc1nnsc1C(=O)N1CCCC(Br)C1. The van der Waals surface area contributed by atoms with Crippen LogP contribution in [0.4, 0.5) is 0 Å². The number of hydrogen-bond donors (Lipinski definition) is 0. The van der Waals surface area contributed by atoms with Crippen LogP contribution in [0, 0.1) is 0 Å². The fourth-order valence-corrected chi connectivity index (χ4v) is 3.25. The number of piperidine rings is 1. The third-order valence-electron chi connectivity index (χ3n) is 2.74. The van der Waals surface area contributed by atoms with Crippen molar-refractivity contribution in [2.75, 3.05) is 13.1 Å². The molecule has 0 aliphatic carbocycles. The van der Waals surface area contributed by atoms with Crippen molar-refractivity contribution in [1.29, 1.82) is 0 Å². The fourth-order valence-electron chi connectivity index (χ4n) is 1.86. The Balaban J connectivity index is 2.12. The lowest BCUT2D eigenvalue weighted by atomic mass is 10.1. The summed E-state index contributed by atoms with van der Waals surface area (Å²) in [6, 6.07) is 0. The second-order valence-electron chi connectivity index (χ2n) is 3.89. The Morgan fingerprint density at radius 2 is 2.50 bits per heavy atom. The molecule has 0 radical (unpaired) electrons. The van der Waals surface area contributed by atoms with E-state index in [0.717, 1.165) is 38.0 Å². The summed E-state index contributed by atoms with van der Waals surface area (Å²) in [4.78, 5) is 15.3. The average molecular weight is 304 g/mol. The molecule has 1 aliphatic rings. The predicted octanol–water partition coefficient (Wildman–Crippen LogP) is 2.10. The highest BCUT2D eigenvalue weighted by Crippen LogP contribution is 2.21. The lowest BCUT2D eigenvalue weighted by molar-refractivity contribution is 0.0733. The molecule has 1 aromatic heterocycles. The third kappa shape index (κ3) is 2.43. The molecule has 0 N–H and O–H groups in total. The Hall–Kier alpha value is -0.490. The molecule has 0 saturated carbocycles. The first-order valence-corrected chi connectivity index (χ1v) is 7.15. The first-order chi connectivity index (χ1) is 7.72. The van der Waals surface area contributed by atoms with E-state index >= 15 is 0 Å². The van der Waals surface area contributed by atoms with Gasteiger partial charge in [0.15, 0.2) is 0 Å². The van der Waals surface area contributed by atoms with E-state index in [2.05, 4.69) is 25.5 Å². The van der Waals surface area contributed by atoms with Gasteiger partial charge in [-0.2, -0.15) is 0 Å². The minimum Gasteiger partial charge on any atom is -0.337 e. The van der Waals surface area contributed by atoms with Gasteiger partial charge in [0, 0.05) is 17.9 Å². The van der Waals surface area contributed by atoms with Crippen molar-refractivity contribution in [1.82, 2.24) is 14.5 Å². The summed E-state index contributed by atoms with van der Waals surface area (Å²) in [5, 5.41) is 3.98. The molecule has 0 spiro atoms. The van der Waals surface area contributed by atoms with E-state index in [4.69, 9.17) is 0 Å². The van der Waals surface area contributed by atoms with E-state index in [1.54, 1.807) is 0 Å². The van der Waals surface area contributed by atoms with Gasteiger partial charge in [-0.3, -0.25) is 4.79 Å². The first kappa shape index (κ1) is 12.0. The summed E-state index contributed by atoms with van der Waals surface area (Å²) in [5.74, 6) is 0.0935. The van der Waals surface area contributed by atoms with Gasteiger partial charge in [0.2, 0.25) is 0 Å². The second kappa shape index (κ2) is 5.23. The van der Waals surface area contributed by atoms with Crippen LogP contribution < -0.4 is 0 Å². The maximum absolute atomic E-state index is 12.2. The summed E-state index contributed by atoms with van der Waals surface area (Å²) < 4.78 is 3.86. The lowest BCUT2D eigenvalue weighted by Crippen LogP contribution is -2.40. The number of carbonyl (C=O) groups excluding carboxylic acids is 1. The number of aryl methyl sites for hydroxylation is 1. The number of halogens is 1. The van der Waals surface area contributed by atoms with Gasteiger partial charge in [-0.05, 0) is 30.8 Å². The van der Waals surface area contributed by atoms with E-state index in [0.29, 0.717) is 9.70 Å². The minimum atomic E-state index is 0.0935. The van der Waals surface area contributed by atoms with Gasteiger partial charge in [-0.15, -0.1) is 5.10 Å². The molecule has 1 saturated heterocycles. The summed E-state index contributed by atoms with van der Waals surface area (Å²) in [6.07, 6.45) is 2.98. The van der Waals surface area contributed by atoms with Crippen LogP contribution in [-0.2, 0) is 6.42 Å². The molecule has 2 rings (SSSR count). The number of rotatable bonds is 2. The number of alkyl halides is 1.